The summed E-state index contributed by atoms with van der Waals surface area (Å²) in [5.41, 5.74) is 3.63. The molecule has 2 heterocycles. The maximum atomic E-state index is 5.48. The number of nitrogens with two attached hydrogens (primary N) is 1. The summed E-state index contributed by atoms with van der Waals surface area (Å²) in [5.74, 6) is 6.11. The lowest BCUT2D eigenvalue weighted by atomic mass is 10.1. The Balaban J connectivity index is 2.12. The fourth-order valence-corrected chi connectivity index (χ4v) is 1.37. The molecule has 3 N–H and O–H groups in total. The van der Waals surface area contributed by atoms with Gasteiger partial charge in [0.25, 0.3) is 0 Å². The van der Waals surface area contributed by atoms with Crippen LogP contribution in [0.4, 0.5) is 0 Å². The van der Waals surface area contributed by atoms with Crippen molar-refractivity contribution in [2.45, 2.75) is 12.5 Å². The fraction of sp³-hybridized carbons (Fsp3) is 0.375. The molecule has 84 valence electrons. The van der Waals surface area contributed by atoms with Gasteiger partial charge < -0.3 is 0 Å². The van der Waals surface area contributed by atoms with Crippen LogP contribution in [-0.4, -0.2) is 30.4 Å². The molecular formula is C8H12N8. The summed E-state index contributed by atoms with van der Waals surface area (Å²) in [7, 11) is 1.72. The monoisotopic (exact) mass is 220 g/mol. The van der Waals surface area contributed by atoms with Crippen molar-refractivity contribution in [2.24, 2.45) is 12.9 Å². The van der Waals surface area contributed by atoms with Gasteiger partial charge in [0.1, 0.15) is 0 Å². The van der Waals surface area contributed by atoms with Crippen LogP contribution in [0.5, 0.6) is 0 Å². The molecule has 0 radical (unpaired) electrons. The molecule has 2 aromatic rings. The summed E-state index contributed by atoms with van der Waals surface area (Å²) < 4.78 is 0. The van der Waals surface area contributed by atoms with Crippen LogP contribution in [0.3, 0.4) is 0 Å². The average molecular weight is 220 g/mol. The van der Waals surface area contributed by atoms with E-state index < -0.39 is 0 Å². The van der Waals surface area contributed by atoms with E-state index in [0.29, 0.717) is 12.2 Å². The van der Waals surface area contributed by atoms with Crippen LogP contribution in [0.25, 0.3) is 0 Å². The van der Waals surface area contributed by atoms with Gasteiger partial charge in [0.2, 0.25) is 0 Å². The number of tetrazole rings is 1. The van der Waals surface area contributed by atoms with Crippen LogP contribution in [0.1, 0.15) is 17.4 Å². The highest BCUT2D eigenvalue weighted by molar-refractivity contribution is 5.12. The lowest BCUT2D eigenvalue weighted by Gasteiger charge is -2.12. The zero-order chi connectivity index (χ0) is 11.4. The number of rotatable bonds is 4. The van der Waals surface area contributed by atoms with Crippen molar-refractivity contribution in [1.29, 1.82) is 0 Å². The molecule has 0 spiro atoms. The fourth-order valence-electron chi connectivity index (χ4n) is 1.37. The van der Waals surface area contributed by atoms with Crippen LogP contribution < -0.4 is 11.3 Å². The molecule has 0 bridgehead atoms. The van der Waals surface area contributed by atoms with Gasteiger partial charge in [0.15, 0.2) is 5.82 Å². The van der Waals surface area contributed by atoms with E-state index in [-0.39, 0.29) is 6.04 Å². The Morgan fingerprint density at radius 2 is 2.38 bits per heavy atom. The van der Waals surface area contributed by atoms with Gasteiger partial charge in [0.05, 0.1) is 19.3 Å². The summed E-state index contributed by atoms with van der Waals surface area (Å²) in [6.45, 7) is 0. The standard InChI is InChI=1S/C8H12N8/c1-16-14-8(13-15-16)4-7(12-9)6-2-3-10-11-5-6/h2-3,5,7,12H,4,9H2,1H3. The van der Waals surface area contributed by atoms with Crippen LogP contribution in [0.2, 0.25) is 0 Å². The number of hydrogen-bond acceptors (Lipinski definition) is 7. The summed E-state index contributed by atoms with van der Waals surface area (Å²) in [5, 5.41) is 19.2. The minimum absolute atomic E-state index is 0.0975. The van der Waals surface area contributed by atoms with Crippen LogP contribution in [0, 0.1) is 0 Å². The summed E-state index contributed by atoms with van der Waals surface area (Å²) in [6.07, 6.45) is 3.82. The zero-order valence-electron chi connectivity index (χ0n) is 8.78. The number of nitrogens with zero attached hydrogens (tertiary/aromatic N) is 6. The second kappa shape index (κ2) is 4.73. The molecule has 0 aliphatic rings. The maximum Gasteiger partial charge on any atom is 0.176 e. The van der Waals surface area contributed by atoms with Crippen molar-refractivity contribution in [2.75, 3.05) is 0 Å². The molecule has 0 aliphatic carbocycles. The molecule has 2 aromatic heterocycles. The van der Waals surface area contributed by atoms with E-state index in [1.807, 2.05) is 6.07 Å². The minimum Gasteiger partial charge on any atom is -0.271 e. The highest BCUT2D eigenvalue weighted by Crippen LogP contribution is 2.13. The first-order valence-electron chi connectivity index (χ1n) is 4.75. The highest BCUT2D eigenvalue weighted by atomic mass is 15.6. The van der Waals surface area contributed by atoms with Gasteiger partial charge in [-0.1, -0.05) is 0 Å². The summed E-state index contributed by atoms with van der Waals surface area (Å²) in [4.78, 5) is 1.41. The van der Waals surface area contributed by atoms with E-state index >= 15 is 0 Å². The van der Waals surface area contributed by atoms with Crippen molar-refractivity contribution in [3.8, 4) is 0 Å². The molecule has 8 heteroatoms. The zero-order valence-corrected chi connectivity index (χ0v) is 8.78. The smallest absolute Gasteiger partial charge is 0.176 e. The largest absolute Gasteiger partial charge is 0.271 e. The number of hydrazine groups is 1. The lowest BCUT2D eigenvalue weighted by Crippen LogP contribution is -2.30. The molecule has 0 saturated heterocycles. The molecule has 0 amide bonds. The predicted octanol–water partition coefficient (Wildman–Crippen LogP) is -1.25. The molecule has 0 fully saturated rings. The normalized spacial score (nSPS) is 12.6. The first kappa shape index (κ1) is 10.6. The number of aryl methyl sites for hydroxylation is 1. The Morgan fingerprint density at radius 1 is 1.50 bits per heavy atom. The molecule has 16 heavy (non-hydrogen) atoms. The van der Waals surface area contributed by atoms with Crippen molar-refractivity contribution in [1.82, 2.24) is 35.8 Å². The number of hydrogen-bond donors (Lipinski definition) is 2. The van der Waals surface area contributed by atoms with Gasteiger partial charge in [-0.15, -0.1) is 10.2 Å². The van der Waals surface area contributed by atoms with Gasteiger partial charge in [-0.3, -0.25) is 11.3 Å². The van der Waals surface area contributed by atoms with Crippen molar-refractivity contribution in [3.63, 3.8) is 0 Å². The summed E-state index contributed by atoms with van der Waals surface area (Å²) >= 11 is 0. The van der Waals surface area contributed by atoms with Crippen molar-refractivity contribution in [3.05, 3.63) is 29.8 Å². The highest BCUT2D eigenvalue weighted by Gasteiger charge is 2.13. The van der Waals surface area contributed by atoms with Gasteiger partial charge in [0, 0.05) is 12.6 Å². The van der Waals surface area contributed by atoms with E-state index in [9.17, 15) is 0 Å². The maximum absolute atomic E-state index is 5.48. The Kier molecular flexibility index (Phi) is 3.13. The second-order valence-corrected chi connectivity index (χ2v) is 3.29. The number of aromatic nitrogens is 6. The molecule has 1 unspecified atom stereocenters. The Bertz CT molecular complexity index is 438. The first-order chi connectivity index (χ1) is 7.79. The van der Waals surface area contributed by atoms with E-state index in [4.69, 9.17) is 5.84 Å². The third kappa shape index (κ3) is 2.35. The molecule has 1 atom stereocenters. The first-order valence-corrected chi connectivity index (χ1v) is 4.75. The van der Waals surface area contributed by atoms with Crippen LogP contribution >= 0.6 is 0 Å². The quantitative estimate of drug-likeness (QED) is 0.489. The SMILES string of the molecule is Cn1nnc(CC(NN)c2ccnnc2)n1. The minimum atomic E-state index is -0.0975. The molecule has 2 rings (SSSR count). The van der Waals surface area contributed by atoms with E-state index in [2.05, 4.69) is 31.0 Å². The Morgan fingerprint density at radius 3 is 2.94 bits per heavy atom. The van der Waals surface area contributed by atoms with Crippen LogP contribution in [0.15, 0.2) is 18.5 Å². The molecule has 0 saturated carbocycles. The summed E-state index contributed by atoms with van der Waals surface area (Å²) in [6, 6.07) is 1.74. The second-order valence-electron chi connectivity index (χ2n) is 3.29. The molecule has 8 nitrogen and oxygen atoms in total. The van der Waals surface area contributed by atoms with E-state index in [0.717, 1.165) is 5.56 Å². The number of nitrogens with one attached hydrogen (secondary N) is 1. The van der Waals surface area contributed by atoms with Crippen molar-refractivity contribution < 1.29 is 0 Å². The third-order valence-electron chi connectivity index (χ3n) is 2.15. The molecule has 0 aromatic carbocycles. The average Bonchev–Trinajstić information content (AvgIpc) is 2.73. The van der Waals surface area contributed by atoms with E-state index in [1.165, 1.54) is 4.80 Å². The topological polar surface area (TPSA) is 107 Å². The van der Waals surface area contributed by atoms with E-state index in [1.54, 1.807) is 19.4 Å². The van der Waals surface area contributed by atoms with Crippen LogP contribution in [-0.2, 0) is 13.5 Å². The van der Waals surface area contributed by atoms with Gasteiger partial charge in [-0.25, -0.2) is 0 Å². The molecule has 0 aliphatic heterocycles. The van der Waals surface area contributed by atoms with Gasteiger partial charge >= 0.3 is 0 Å². The van der Waals surface area contributed by atoms with Crippen molar-refractivity contribution >= 4 is 0 Å². The van der Waals surface area contributed by atoms with Gasteiger partial charge in [-0.2, -0.15) is 15.0 Å². The van der Waals surface area contributed by atoms with Gasteiger partial charge in [-0.05, 0) is 16.8 Å². The Hall–Kier alpha value is -1.93. The lowest BCUT2D eigenvalue weighted by molar-refractivity contribution is 0.533. The Labute approximate surface area is 91.8 Å². The third-order valence-corrected chi connectivity index (χ3v) is 2.15. The predicted molar refractivity (Wildman–Crippen MR) is 54.6 cm³/mol. The molecular weight excluding hydrogens is 208 g/mol.